The first-order chi connectivity index (χ1) is 14.4. The van der Waals surface area contributed by atoms with Crippen molar-refractivity contribution in [2.24, 2.45) is 5.92 Å². The third-order valence-electron chi connectivity index (χ3n) is 4.62. The summed E-state index contributed by atoms with van der Waals surface area (Å²) in [7, 11) is 2.27. The zero-order chi connectivity index (χ0) is 22.0. The van der Waals surface area contributed by atoms with Crippen LogP contribution in [0.2, 0.25) is 0 Å². The second kappa shape index (κ2) is 11.5. The zero-order valence-corrected chi connectivity index (χ0v) is 17.2. The molecular formula is C23H27F2NO4. The van der Waals surface area contributed by atoms with E-state index in [0.29, 0.717) is 5.06 Å². The fourth-order valence-electron chi connectivity index (χ4n) is 2.87. The van der Waals surface area contributed by atoms with Gasteiger partial charge in [0, 0.05) is 7.05 Å². The van der Waals surface area contributed by atoms with Crippen molar-refractivity contribution in [1.82, 2.24) is 5.06 Å². The van der Waals surface area contributed by atoms with Crippen LogP contribution in [0.3, 0.4) is 0 Å². The second-order valence-corrected chi connectivity index (χ2v) is 6.71. The Balaban J connectivity index is 2.15. The standard InChI is InChI=1S/C23H27F2NO4/c1-4-20(23(24,25)22(27)26(2)28-3)21(30-16-19-13-9-6-10-14-19)17-29-15-18-11-7-5-8-12-18/h4-14,20-21H,1,15-17H2,2-3H3/t20-,21-/m1/s1. The van der Waals surface area contributed by atoms with Crippen LogP contribution < -0.4 is 0 Å². The molecule has 0 radical (unpaired) electrons. The molecule has 0 unspecified atom stereocenters. The van der Waals surface area contributed by atoms with Crippen LogP contribution in [0.25, 0.3) is 0 Å². The molecule has 0 aliphatic rings. The molecule has 162 valence electrons. The number of carbonyl (C=O) groups excluding carboxylic acids is 1. The van der Waals surface area contributed by atoms with Crippen LogP contribution in [0.15, 0.2) is 73.3 Å². The summed E-state index contributed by atoms with van der Waals surface area (Å²) in [6.45, 7) is 3.69. The van der Waals surface area contributed by atoms with E-state index in [2.05, 4.69) is 11.4 Å². The number of halogens is 2. The lowest BCUT2D eigenvalue weighted by atomic mass is 9.94. The molecule has 1 amide bonds. The van der Waals surface area contributed by atoms with Gasteiger partial charge in [-0.05, 0) is 11.1 Å². The van der Waals surface area contributed by atoms with Crippen LogP contribution in [0.5, 0.6) is 0 Å². The summed E-state index contributed by atoms with van der Waals surface area (Å²) in [5, 5.41) is 0.496. The smallest absolute Gasteiger partial charge is 0.335 e. The SMILES string of the molecule is C=C[C@H]([C@@H](COCc1ccccc1)OCc1ccccc1)C(F)(F)C(=O)N(C)OC. The first-order valence-electron chi connectivity index (χ1n) is 9.50. The molecule has 7 heteroatoms. The molecule has 0 aromatic heterocycles. The van der Waals surface area contributed by atoms with Gasteiger partial charge in [0.05, 0.1) is 39.0 Å². The highest BCUT2D eigenvalue weighted by molar-refractivity contribution is 5.83. The Morgan fingerprint density at radius 2 is 1.60 bits per heavy atom. The number of alkyl halides is 2. The molecule has 30 heavy (non-hydrogen) atoms. The highest BCUT2D eigenvalue weighted by Gasteiger charge is 2.51. The lowest BCUT2D eigenvalue weighted by molar-refractivity contribution is -0.207. The second-order valence-electron chi connectivity index (χ2n) is 6.71. The summed E-state index contributed by atoms with van der Waals surface area (Å²) in [6.07, 6.45) is -0.0706. The molecule has 0 saturated carbocycles. The third kappa shape index (κ3) is 6.45. The van der Waals surface area contributed by atoms with Crippen molar-refractivity contribution in [1.29, 1.82) is 0 Å². The fourth-order valence-corrected chi connectivity index (χ4v) is 2.87. The average Bonchev–Trinajstić information content (AvgIpc) is 2.77. The minimum atomic E-state index is -3.79. The van der Waals surface area contributed by atoms with Gasteiger partial charge in [0.1, 0.15) is 0 Å². The summed E-state index contributed by atoms with van der Waals surface area (Å²) in [5.41, 5.74) is 1.72. The average molecular weight is 419 g/mol. The van der Waals surface area contributed by atoms with E-state index >= 15 is 0 Å². The quantitative estimate of drug-likeness (QED) is 0.381. The molecule has 0 fully saturated rings. The van der Waals surface area contributed by atoms with Gasteiger partial charge < -0.3 is 9.47 Å². The number of rotatable bonds is 12. The van der Waals surface area contributed by atoms with Crippen molar-refractivity contribution in [2.45, 2.75) is 25.2 Å². The molecule has 0 saturated heterocycles. The van der Waals surface area contributed by atoms with Gasteiger partial charge in [0.15, 0.2) is 0 Å². The van der Waals surface area contributed by atoms with Gasteiger partial charge in [0.2, 0.25) is 0 Å². The molecule has 5 nitrogen and oxygen atoms in total. The van der Waals surface area contributed by atoms with E-state index in [9.17, 15) is 13.6 Å². The molecule has 0 spiro atoms. The molecule has 0 bridgehead atoms. The maximum atomic E-state index is 15.0. The van der Waals surface area contributed by atoms with Crippen molar-refractivity contribution in [3.63, 3.8) is 0 Å². The number of carbonyl (C=O) groups is 1. The Morgan fingerprint density at radius 1 is 1.07 bits per heavy atom. The Labute approximate surface area is 175 Å². The van der Waals surface area contributed by atoms with Crippen LogP contribution in [-0.4, -0.2) is 43.8 Å². The van der Waals surface area contributed by atoms with Gasteiger partial charge in [0.25, 0.3) is 0 Å². The first kappa shape index (κ1) is 23.7. The van der Waals surface area contributed by atoms with Gasteiger partial charge in [-0.2, -0.15) is 8.78 Å². The zero-order valence-electron chi connectivity index (χ0n) is 17.2. The van der Waals surface area contributed by atoms with Crippen LogP contribution in [-0.2, 0) is 32.3 Å². The number of hydroxylamine groups is 2. The molecule has 2 rings (SSSR count). The predicted molar refractivity (Wildman–Crippen MR) is 110 cm³/mol. The van der Waals surface area contributed by atoms with Crippen molar-refractivity contribution >= 4 is 5.91 Å². The molecule has 0 aliphatic carbocycles. The topological polar surface area (TPSA) is 48.0 Å². The molecule has 0 N–H and O–H groups in total. The maximum absolute atomic E-state index is 15.0. The van der Waals surface area contributed by atoms with Crippen LogP contribution >= 0.6 is 0 Å². The van der Waals surface area contributed by atoms with Gasteiger partial charge in [-0.1, -0.05) is 66.7 Å². The highest BCUT2D eigenvalue weighted by Crippen LogP contribution is 2.32. The Hall–Kier alpha value is -2.61. The van der Waals surface area contributed by atoms with E-state index in [4.69, 9.17) is 9.47 Å². The monoisotopic (exact) mass is 419 g/mol. The van der Waals surface area contributed by atoms with E-state index in [1.807, 2.05) is 60.7 Å². The number of hydrogen-bond acceptors (Lipinski definition) is 4. The number of nitrogens with zero attached hydrogens (tertiary/aromatic N) is 1. The Bertz CT molecular complexity index is 786. The lowest BCUT2D eigenvalue weighted by Crippen LogP contribution is -2.50. The van der Waals surface area contributed by atoms with E-state index in [1.54, 1.807) is 0 Å². The van der Waals surface area contributed by atoms with E-state index < -0.39 is 23.9 Å². The summed E-state index contributed by atoms with van der Waals surface area (Å²) in [5.74, 6) is -6.88. The fraction of sp³-hybridized carbons (Fsp3) is 0.348. The lowest BCUT2D eigenvalue weighted by Gasteiger charge is -2.32. The van der Waals surface area contributed by atoms with Crippen LogP contribution in [0, 0.1) is 5.92 Å². The summed E-state index contributed by atoms with van der Waals surface area (Å²) in [4.78, 5) is 16.8. The number of amides is 1. The maximum Gasteiger partial charge on any atom is 0.335 e. The molecule has 2 aromatic rings. The normalized spacial score (nSPS) is 13.5. The molecule has 2 aromatic carbocycles. The van der Waals surface area contributed by atoms with Gasteiger partial charge in [-0.3, -0.25) is 9.63 Å². The highest BCUT2D eigenvalue weighted by atomic mass is 19.3. The Morgan fingerprint density at radius 3 is 2.10 bits per heavy atom. The predicted octanol–water partition coefficient (Wildman–Crippen LogP) is 4.25. The van der Waals surface area contributed by atoms with E-state index in [1.165, 1.54) is 0 Å². The molecule has 2 atom stereocenters. The number of ether oxygens (including phenoxy) is 2. The molecular weight excluding hydrogens is 392 g/mol. The van der Waals surface area contributed by atoms with Gasteiger partial charge >= 0.3 is 11.8 Å². The van der Waals surface area contributed by atoms with Crippen LogP contribution in [0.1, 0.15) is 11.1 Å². The summed E-state index contributed by atoms with van der Waals surface area (Å²) < 4.78 is 41.4. The van der Waals surface area contributed by atoms with Crippen molar-refractivity contribution in [3.05, 3.63) is 84.4 Å². The van der Waals surface area contributed by atoms with Crippen LogP contribution in [0.4, 0.5) is 8.78 Å². The largest absolute Gasteiger partial charge is 0.374 e. The third-order valence-corrected chi connectivity index (χ3v) is 4.62. The van der Waals surface area contributed by atoms with Crippen molar-refractivity contribution in [2.75, 3.05) is 20.8 Å². The van der Waals surface area contributed by atoms with E-state index in [0.717, 1.165) is 31.4 Å². The molecule has 0 aliphatic heterocycles. The van der Waals surface area contributed by atoms with Crippen molar-refractivity contribution in [3.8, 4) is 0 Å². The number of benzene rings is 2. The molecule has 0 heterocycles. The van der Waals surface area contributed by atoms with Crippen molar-refractivity contribution < 1.29 is 27.9 Å². The summed E-state index contributed by atoms with van der Waals surface area (Å²) >= 11 is 0. The van der Waals surface area contributed by atoms with Gasteiger partial charge in [-0.15, -0.1) is 6.58 Å². The first-order valence-corrected chi connectivity index (χ1v) is 9.50. The minimum absolute atomic E-state index is 0.0922. The minimum Gasteiger partial charge on any atom is -0.374 e. The van der Waals surface area contributed by atoms with E-state index in [-0.39, 0.29) is 19.8 Å². The summed E-state index contributed by atoms with van der Waals surface area (Å²) in [6, 6.07) is 18.5. The Kier molecular flexibility index (Phi) is 9.11. The van der Waals surface area contributed by atoms with Gasteiger partial charge in [-0.25, -0.2) is 5.06 Å². The number of hydrogen-bond donors (Lipinski definition) is 0.